The number of ether oxygens (including phenoxy) is 1. The summed E-state index contributed by atoms with van der Waals surface area (Å²) in [6.07, 6.45) is -0.566. The van der Waals surface area contributed by atoms with Crippen molar-refractivity contribution >= 4 is 40.1 Å². The van der Waals surface area contributed by atoms with E-state index < -0.39 is 6.09 Å². The largest absolute Gasteiger partial charge is 0.450 e. The van der Waals surface area contributed by atoms with Crippen molar-refractivity contribution in [2.75, 3.05) is 11.9 Å². The zero-order valence-electron chi connectivity index (χ0n) is 12.1. The molecule has 8 heteroatoms. The van der Waals surface area contributed by atoms with Gasteiger partial charge in [-0.1, -0.05) is 53.4 Å². The predicted octanol–water partition coefficient (Wildman–Crippen LogP) is 3.47. The van der Waals surface area contributed by atoms with Gasteiger partial charge in [0.2, 0.25) is 5.13 Å². The molecule has 0 aliphatic carbocycles. The van der Waals surface area contributed by atoms with Crippen molar-refractivity contribution in [2.45, 2.75) is 23.4 Å². The highest BCUT2D eigenvalue weighted by Crippen LogP contribution is 2.30. The third-order valence-corrected chi connectivity index (χ3v) is 4.62. The average Bonchev–Trinajstić information content (AvgIpc) is 2.94. The van der Waals surface area contributed by atoms with Gasteiger partial charge >= 0.3 is 6.09 Å². The van der Waals surface area contributed by atoms with Crippen LogP contribution in [0.4, 0.5) is 9.93 Å². The number of nitrogens with one attached hydrogen (secondary N) is 1. The van der Waals surface area contributed by atoms with Crippen LogP contribution < -0.4 is 5.32 Å². The second-order valence-electron chi connectivity index (χ2n) is 4.21. The molecule has 0 aliphatic rings. The monoisotopic (exact) mass is 337 g/mol. The molecule has 1 amide bonds. The molecule has 0 bridgehead atoms. The van der Waals surface area contributed by atoms with Crippen molar-refractivity contribution in [3.05, 3.63) is 35.9 Å². The van der Waals surface area contributed by atoms with Crippen molar-refractivity contribution in [3.8, 4) is 0 Å². The minimum atomic E-state index is -0.566. The van der Waals surface area contributed by atoms with Crippen LogP contribution in [0.5, 0.6) is 0 Å². The first-order valence-electron chi connectivity index (χ1n) is 6.63. The van der Waals surface area contributed by atoms with Crippen LogP contribution >= 0.6 is 23.1 Å². The standard InChI is InChI=1S/C14H15N3O3S2/c1-3-20-13(19)15-12-16-17-14(22-12)21-9(2)11(18)10-7-5-4-6-8-10/h4-9H,3H2,1-2H3,(H,15,16,19). The molecule has 1 aromatic carbocycles. The fourth-order valence-corrected chi connectivity index (χ4v) is 3.56. The molecule has 1 heterocycles. The summed E-state index contributed by atoms with van der Waals surface area (Å²) in [6.45, 7) is 3.83. The van der Waals surface area contributed by atoms with Crippen LogP contribution in [0.25, 0.3) is 0 Å². The van der Waals surface area contributed by atoms with E-state index in [1.165, 1.54) is 23.1 Å². The van der Waals surface area contributed by atoms with Crippen molar-refractivity contribution in [3.63, 3.8) is 0 Å². The van der Waals surface area contributed by atoms with Crippen molar-refractivity contribution in [1.82, 2.24) is 10.2 Å². The zero-order chi connectivity index (χ0) is 15.9. The highest BCUT2D eigenvalue weighted by Gasteiger charge is 2.19. The molecule has 2 rings (SSSR count). The van der Waals surface area contributed by atoms with E-state index in [-0.39, 0.29) is 17.6 Å². The Labute approximate surface area is 136 Å². The second-order valence-corrected chi connectivity index (χ2v) is 6.77. The summed E-state index contributed by atoms with van der Waals surface area (Å²) < 4.78 is 5.37. The van der Waals surface area contributed by atoms with Crippen molar-refractivity contribution in [2.24, 2.45) is 0 Å². The number of amides is 1. The van der Waals surface area contributed by atoms with Crippen LogP contribution in [-0.4, -0.2) is 33.9 Å². The lowest BCUT2D eigenvalue weighted by molar-refractivity contribution is 0.0994. The number of aromatic nitrogens is 2. The van der Waals surface area contributed by atoms with Crippen LogP contribution in [0.2, 0.25) is 0 Å². The number of carbonyl (C=O) groups excluding carboxylic acids is 2. The molecule has 22 heavy (non-hydrogen) atoms. The van der Waals surface area contributed by atoms with Crippen LogP contribution in [-0.2, 0) is 4.74 Å². The summed E-state index contributed by atoms with van der Waals surface area (Å²) in [5.41, 5.74) is 0.664. The summed E-state index contributed by atoms with van der Waals surface area (Å²) in [6, 6.07) is 9.10. The van der Waals surface area contributed by atoms with E-state index in [9.17, 15) is 9.59 Å². The van der Waals surface area contributed by atoms with E-state index in [1.54, 1.807) is 19.1 Å². The number of hydrogen-bond acceptors (Lipinski definition) is 7. The highest BCUT2D eigenvalue weighted by molar-refractivity contribution is 8.02. The molecule has 0 radical (unpaired) electrons. The molecule has 0 spiro atoms. The third-order valence-electron chi connectivity index (χ3n) is 2.60. The molecular formula is C14H15N3O3S2. The Kier molecular flexibility index (Phi) is 5.91. The molecule has 1 aromatic heterocycles. The summed E-state index contributed by atoms with van der Waals surface area (Å²) in [4.78, 5) is 23.5. The number of hydrogen-bond donors (Lipinski definition) is 1. The lowest BCUT2D eigenvalue weighted by Crippen LogP contribution is -2.13. The Bertz CT molecular complexity index is 646. The molecule has 0 fully saturated rings. The van der Waals surface area contributed by atoms with E-state index in [0.29, 0.717) is 15.0 Å². The Morgan fingerprint density at radius 3 is 2.73 bits per heavy atom. The van der Waals surface area contributed by atoms with E-state index >= 15 is 0 Å². The Hall–Kier alpha value is -1.93. The first kappa shape index (κ1) is 16.4. The van der Waals surface area contributed by atoms with Gasteiger partial charge in [-0.25, -0.2) is 4.79 Å². The summed E-state index contributed by atoms with van der Waals surface area (Å²) >= 11 is 2.52. The minimum absolute atomic E-state index is 0.0284. The lowest BCUT2D eigenvalue weighted by atomic mass is 10.1. The topological polar surface area (TPSA) is 81.2 Å². The van der Waals surface area contributed by atoms with Gasteiger partial charge in [0.15, 0.2) is 10.1 Å². The van der Waals surface area contributed by atoms with Crippen LogP contribution in [0.1, 0.15) is 24.2 Å². The number of rotatable bonds is 6. The molecular weight excluding hydrogens is 322 g/mol. The number of benzene rings is 1. The van der Waals surface area contributed by atoms with E-state index in [4.69, 9.17) is 4.74 Å². The average molecular weight is 337 g/mol. The number of carbonyl (C=O) groups is 2. The molecule has 0 saturated heterocycles. The van der Waals surface area contributed by atoms with Gasteiger partial charge in [0.05, 0.1) is 11.9 Å². The zero-order valence-corrected chi connectivity index (χ0v) is 13.7. The third kappa shape index (κ3) is 4.54. The van der Waals surface area contributed by atoms with E-state index in [2.05, 4.69) is 15.5 Å². The number of nitrogens with zero attached hydrogens (tertiary/aromatic N) is 2. The van der Waals surface area contributed by atoms with Gasteiger partial charge in [-0.05, 0) is 13.8 Å². The van der Waals surface area contributed by atoms with E-state index in [0.717, 1.165) is 0 Å². The van der Waals surface area contributed by atoms with Gasteiger partial charge in [-0.3, -0.25) is 10.1 Å². The summed E-state index contributed by atoms with van der Waals surface area (Å²) in [5, 5.41) is 10.3. The molecule has 116 valence electrons. The SMILES string of the molecule is CCOC(=O)Nc1nnc(SC(C)C(=O)c2ccccc2)s1. The molecule has 1 atom stereocenters. The smallest absolute Gasteiger partial charge is 0.413 e. The maximum absolute atomic E-state index is 12.3. The minimum Gasteiger partial charge on any atom is -0.450 e. The molecule has 2 aromatic rings. The van der Waals surface area contributed by atoms with Crippen molar-refractivity contribution < 1.29 is 14.3 Å². The maximum Gasteiger partial charge on any atom is 0.413 e. The van der Waals surface area contributed by atoms with Gasteiger partial charge in [-0.15, -0.1) is 10.2 Å². The lowest BCUT2D eigenvalue weighted by Gasteiger charge is -2.07. The predicted molar refractivity (Wildman–Crippen MR) is 86.6 cm³/mol. The first-order valence-corrected chi connectivity index (χ1v) is 8.33. The van der Waals surface area contributed by atoms with Crippen LogP contribution in [0.3, 0.4) is 0 Å². The van der Waals surface area contributed by atoms with Crippen LogP contribution in [0.15, 0.2) is 34.7 Å². The van der Waals surface area contributed by atoms with Gasteiger partial charge in [0, 0.05) is 5.56 Å². The van der Waals surface area contributed by atoms with E-state index in [1.807, 2.05) is 25.1 Å². The Morgan fingerprint density at radius 2 is 2.05 bits per heavy atom. The van der Waals surface area contributed by atoms with Crippen molar-refractivity contribution in [1.29, 1.82) is 0 Å². The van der Waals surface area contributed by atoms with Gasteiger partial charge in [0.25, 0.3) is 0 Å². The number of Topliss-reactive ketones (excluding diaryl/α,β-unsaturated/α-hetero) is 1. The summed E-state index contributed by atoms with van der Waals surface area (Å²) in [5.74, 6) is 0.0284. The molecule has 1 unspecified atom stereocenters. The van der Waals surface area contributed by atoms with Gasteiger partial charge in [-0.2, -0.15) is 0 Å². The highest BCUT2D eigenvalue weighted by atomic mass is 32.2. The number of thioether (sulfide) groups is 1. The number of anilines is 1. The summed E-state index contributed by atoms with van der Waals surface area (Å²) in [7, 11) is 0. The molecule has 0 aliphatic heterocycles. The van der Waals surface area contributed by atoms with Gasteiger partial charge < -0.3 is 4.74 Å². The Balaban J connectivity index is 1.95. The molecule has 0 saturated carbocycles. The molecule has 6 nitrogen and oxygen atoms in total. The number of ketones is 1. The fourth-order valence-electron chi connectivity index (χ4n) is 1.60. The second kappa shape index (κ2) is 7.90. The Morgan fingerprint density at radius 1 is 1.32 bits per heavy atom. The van der Waals surface area contributed by atoms with Crippen LogP contribution in [0, 0.1) is 0 Å². The first-order chi connectivity index (χ1) is 10.6. The fraction of sp³-hybridized carbons (Fsp3) is 0.286. The maximum atomic E-state index is 12.3. The normalized spacial score (nSPS) is 11.7. The quantitative estimate of drug-likeness (QED) is 0.494. The molecule has 1 N–H and O–H groups in total. The van der Waals surface area contributed by atoms with Gasteiger partial charge in [0.1, 0.15) is 0 Å².